The second-order valence-corrected chi connectivity index (χ2v) is 8.97. The van der Waals surface area contributed by atoms with E-state index in [1.807, 2.05) is 17.7 Å². The molecule has 1 aromatic carbocycles. The van der Waals surface area contributed by atoms with Gasteiger partial charge in [-0.2, -0.15) is 4.31 Å². The number of aryl methyl sites for hydroxylation is 2. The fraction of sp³-hybridized carbons (Fsp3) is 0.474. The first-order chi connectivity index (χ1) is 13.8. The van der Waals surface area contributed by atoms with Crippen LogP contribution in [0, 0.1) is 24.5 Å². The highest BCUT2D eigenvalue weighted by atomic mass is 32.2. The Hall–Kier alpha value is -2.33. The predicted molar refractivity (Wildman–Crippen MR) is 102 cm³/mol. The van der Waals surface area contributed by atoms with Gasteiger partial charge in [0.2, 0.25) is 15.9 Å². The lowest BCUT2D eigenvalue weighted by Crippen LogP contribution is -2.43. The molecule has 158 valence electrons. The fourth-order valence-electron chi connectivity index (χ4n) is 3.42. The second kappa shape index (κ2) is 9.00. The maximum absolute atomic E-state index is 13.9. The first-order valence-electron chi connectivity index (χ1n) is 9.49. The number of aromatic nitrogens is 2. The normalized spacial score (nSPS) is 16.1. The van der Waals surface area contributed by atoms with Crippen molar-refractivity contribution in [2.45, 2.75) is 37.6 Å². The molecule has 0 bridgehead atoms. The maximum Gasteiger partial charge on any atom is 0.246 e. The number of hydrogen-bond donors (Lipinski definition) is 1. The van der Waals surface area contributed by atoms with Gasteiger partial charge in [-0.25, -0.2) is 22.2 Å². The van der Waals surface area contributed by atoms with E-state index in [0.717, 1.165) is 35.2 Å². The van der Waals surface area contributed by atoms with Crippen LogP contribution < -0.4 is 5.32 Å². The SMILES string of the molecule is Cc1nccn1CCCNC(=O)C1CCN(S(=O)(=O)c2cc(F)ccc2F)CC1. The number of hydrogen-bond acceptors (Lipinski definition) is 4. The van der Waals surface area contributed by atoms with Crippen molar-refractivity contribution in [2.24, 2.45) is 5.92 Å². The molecule has 1 saturated heterocycles. The summed E-state index contributed by atoms with van der Waals surface area (Å²) >= 11 is 0. The Morgan fingerprint density at radius 3 is 2.66 bits per heavy atom. The van der Waals surface area contributed by atoms with Gasteiger partial charge in [-0.1, -0.05) is 0 Å². The molecule has 1 aromatic heterocycles. The number of piperidine rings is 1. The van der Waals surface area contributed by atoms with Crippen LogP contribution in [0.25, 0.3) is 0 Å². The van der Waals surface area contributed by atoms with Gasteiger partial charge in [0.25, 0.3) is 0 Å². The van der Waals surface area contributed by atoms with Crippen LogP contribution in [0.1, 0.15) is 25.1 Å². The van der Waals surface area contributed by atoms with Gasteiger partial charge < -0.3 is 9.88 Å². The summed E-state index contributed by atoms with van der Waals surface area (Å²) < 4.78 is 55.6. The van der Waals surface area contributed by atoms with Gasteiger partial charge in [0, 0.05) is 44.5 Å². The molecule has 1 fully saturated rings. The number of rotatable bonds is 7. The summed E-state index contributed by atoms with van der Waals surface area (Å²) in [5.74, 6) is -1.29. The third-order valence-corrected chi connectivity index (χ3v) is 7.05. The summed E-state index contributed by atoms with van der Waals surface area (Å²) in [5.41, 5.74) is 0. The first-order valence-corrected chi connectivity index (χ1v) is 10.9. The smallest absolute Gasteiger partial charge is 0.246 e. The highest BCUT2D eigenvalue weighted by molar-refractivity contribution is 7.89. The molecular weight excluding hydrogens is 402 g/mol. The molecule has 3 rings (SSSR count). The van der Waals surface area contributed by atoms with Gasteiger partial charge in [0.1, 0.15) is 22.4 Å². The molecule has 1 amide bonds. The third-order valence-electron chi connectivity index (χ3n) is 5.13. The summed E-state index contributed by atoms with van der Waals surface area (Å²) in [6.07, 6.45) is 5.04. The van der Waals surface area contributed by atoms with Crippen molar-refractivity contribution in [2.75, 3.05) is 19.6 Å². The minimum atomic E-state index is -4.14. The lowest BCUT2D eigenvalue weighted by atomic mass is 9.97. The maximum atomic E-state index is 13.9. The number of nitrogens with one attached hydrogen (secondary N) is 1. The molecule has 1 aliphatic rings. The largest absolute Gasteiger partial charge is 0.356 e. The third kappa shape index (κ3) is 4.99. The second-order valence-electron chi connectivity index (χ2n) is 7.07. The average molecular weight is 426 g/mol. The van der Waals surface area contributed by atoms with Crippen LogP contribution in [0.3, 0.4) is 0 Å². The summed E-state index contributed by atoms with van der Waals surface area (Å²) in [6, 6.07) is 2.36. The number of sulfonamides is 1. The molecular formula is C19H24F2N4O3S. The number of carbonyl (C=O) groups excluding carboxylic acids is 1. The Morgan fingerprint density at radius 2 is 2.00 bits per heavy atom. The molecule has 0 saturated carbocycles. The van der Waals surface area contributed by atoms with Crippen molar-refractivity contribution in [3.05, 3.63) is 48.1 Å². The van der Waals surface area contributed by atoms with E-state index in [4.69, 9.17) is 0 Å². The average Bonchev–Trinajstić information content (AvgIpc) is 3.11. The lowest BCUT2D eigenvalue weighted by molar-refractivity contribution is -0.126. The van der Waals surface area contributed by atoms with Crippen LogP contribution in [0.4, 0.5) is 8.78 Å². The Kier molecular flexibility index (Phi) is 6.63. The number of halogens is 2. The number of imidazole rings is 1. The first kappa shape index (κ1) is 21.4. The van der Waals surface area contributed by atoms with E-state index in [0.29, 0.717) is 25.5 Å². The summed E-state index contributed by atoms with van der Waals surface area (Å²) in [7, 11) is -4.14. The van der Waals surface area contributed by atoms with E-state index in [1.165, 1.54) is 0 Å². The van der Waals surface area contributed by atoms with Crippen molar-refractivity contribution in [3.63, 3.8) is 0 Å². The number of carbonyl (C=O) groups is 1. The van der Waals surface area contributed by atoms with Crippen LogP contribution in [-0.4, -0.2) is 47.8 Å². The van der Waals surface area contributed by atoms with Gasteiger partial charge in [0.05, 0.1) is 0 Å². The molecule has 10 heteroatoms. The molecule has 0 unspecified atom stereocenters. The molecule has 0 spiro atoms. The molecule has 2 heterocycles. The number of benzene rings is 1. The molecule has 0 aliphatic carbocycles. The zero-order chi connectivity index (χ0) is 21.0. The van der Waals surface area contributed by atoms with Crippen molar-refractivity contribution in [1.82, 2.24) is 19.2 Å². The zero-order valence-electron chi connectivity index (χ0n) is 16.1. The van der Waals surface area contributed by atoms with E-state index >= 15 is 0 Å². The van der Waals surface area contributed by atoms with Gasteiger partial charge >= 0.3 is 0 Å². The monoisotopic (exact) mass is 426 g/mol. The Bertz CT molecular complexity index is 970. The standard InChI is InChI=1S/C19H24F2N4O3S/c1-14-22-8-12-24(14)9-2-7-23-19(26)15-5-10-25(11-6-15)29(27,28)18-13-16(20)3-4-17(18)21/h3-4,8,12-13,15H,2,5-7,9-11H2,1H3,(H,23,26). The lowest BCUT2D eigenvalue weighted by Gasteiger charge is -2.30. The summed E-state index contributed by atoms with van der Waals surface area (Å²) in [4.78, 5) is 15.8. The number of nitrogens with zero attached hydrogens (tertiary/aromatic N) is 3. The molecule has 7 nitrogen and oxygen atoms in total. The van der Waals surface area contributed by atoms with E-state index in [1.54, 1.807) is 6.20 Å². The Morgan fingerprint density at radius 1 is 1.28 bits per heavy atom. The molecule has 2 aromatic rings. The van der Waals surface area contributed by atoms with Gasteiger partial charge in [0.15, 0.2) is 0 Å². The van der Waals surface area contributed by atoms with Crippen molar-refractivity contribution >= 4 is 15.9 Å². The molecule has 29 heavy (non-hydrogen) atoms. The Balaban J connectivity index is 1.48. The van der Waals surface area contributed by atoms with Gasteiger partial charge in [-0.3, -0.25) is 4.79 Å². The van der Waals surface area contributed by atoms with E-state index in [-0.39, 0.29) is 24.9 Å². The highest BCUT2D eigenvalue weighted by Gasteiger charge is 2.33. The minimum absolute atomic E-state index is 0.0879. The highest BCUT2D eigenvalue weighted by Crippen LogP contribution is 2.26. The fourth-order valence-corrected chi connectivity index (χ4v) is 4.96. The molecule has 0 atom stereocenters. The van der Waals surface area contributed by atoms with Gasteiger partial charge in [-0.05, 0) is 44.4 Å². The van der Waals surface area contributed by atoms with Crippen LogP contribution >= 0.6 is 0 Å². The van der Waals surface area contributed by atoms with Crippen molar-refractivity contribution in [1.29, 1.82) is 0 Å². The van der Waals surface area contributed by atoms with Gasteiger partial charge in [-0.15, -0.1) is 0 Å². The molecule has 1 aliphatic heterocycles. The van der Waals surface area contributed by atoms with Crippen molar-refractivity contribution in [3.8, 4) is 0 Å². The van der Waals surface area contributed by atoms with E-state index in [9.17, 15) is 22.0 Å². The van der Waals surface area contributed by atoms with Crippen LogP contribution in [0.2, 0.25) is 0 Å². The van der Waals surface area contributed by atoms with E-state index in [2.05, 4.69) is 10.3 Å². The molecule has 0 radical (unpaired) electrons. The topological polar surface area (TPSA) is 84.3 Å². The van der Waals surface area contributed by atoms with Crippen LogP contribution in [0.5, 0.6) is 0 Å². The van der Waals surface area contributed by atoms with E-state index < -0.39 is 26.6 Å². The summed E-state index contributed by atoms with van der Waals surface area (Å²) in [5, 5.41) is 2.89. The minimum Gasteiger partial charge on any atom is -0.356 e. The quantitative estimate of drug-likeness (QED) is 0.687. The van der Waals surface area contributed by atoms with Crippen LogP contribution in [-0.2, 0) is 21.4 Å². The summed E-state index contributed by atoms with van der Waals surface area (Å²) in [6.45, 7) is 3.36. The molecule has 1 N–H and O–H groups in total. The van der Waals surface area contributed by atoms with Crippen LogP contribution in [0.15, 0.2) is 35.5 Å². The predicted octanol–water partition coefficient (Wildman–Crippen LogP) is 2.08. The van der Waals surface area contributed by atoms with Crippen molar-refractivity contribution < 1.29 is 22.0 Å². The number of amides is 1. The Labute approximate surface area is 168 Å². The zero-order valence-corrected chi connectivity index (χ0v) is 17.0.